The van der Waals surface area contributed by atoms with Crippen LogP contribution in [0.3, 0.4) is 0 Å². The SMILES string of the molecule is Cc1ccc2c(C(=O)O)c(C)c(C(=O)O)c(C)c2c1. The first-order chi connectivity index (χ1) is 8.84. The van der Waals surface area contributed by atoms with E-state index in [2.05, 4.69) is 0 Å². The van der Waals surface area contributed by atoms with Crippen molar-refractivity contribution in [1.29, 1.82) is 0 Å². The van der Waals surface area contributed by atoms with E-state index in [0.29, 0.717) is 21.9 Å². The average Bonchev–Trinajstić information content (AvgIpc) is 2.29. The zero-order chi connectivity index (χ0) is 14.3. The van der Waals surface area contributed by atoms with Gasteiger partial charge in [0.05, 0.1) is 11.1 Å². The maximum Gasteiger partial charge on any atom is 0.336 e. The Bertz CT molecular complexity index is 714. The maximum atomic E-state index is 11.4. The summed E-state index contributed by atoms with van der Waals surface area (Å²) in [7, 11) is 0. The van der Waals surface area contributed by atoms with Crippen molar-refractivity contribution in [2.45, 2.75) is 20.8 Å². The fourth-order valence-corrected chi connectivity index (χ4v) is 2.53. The van der Waals surface area contributed by atoms with Crippen LogP contribution in [-0.2, 0) is 0 Å². The second-order valence-corrected chi connectivity index (χ2v) is 4.66. The Morgan fingerprint density at radius 1 is 0.842 bits per heavy atom. The molecule has 0 atom stereocenters. The Hall–Kier alpha value is -2.36. The van der Waals surface area contributed by atoms with Gasteiger partial charge in [-0.1, -0.05) is 23.8 Å². The molecule has 0 aliphatic carbocycles. The molecule has 0 aliphatic heterocycles. The topological polar surface area (TPSA) is 74.6 Å². The molecule has 0 spiro atoms. The highest BCUT2D eigenvalue weighted by molar-refractivity contribution is 6.10. The molecule has 0 bridgehead atoms. The van der Waals surface area contributed by atoms with Crippen molar-refractivity contribution >= 4 is 22.7 Å². The number of benzene rings is 2. The summed E-state index contributed by atoms with van der Waals surface area (Å²) in [6, 6.07) is 5.39. The van der Waals surface area contributed by atoms with Crippen LogP contribution in [0.5, 0.6) is 0 Å². The predicted octanol–water partition coefficient (Wildman–Crippen LogP) is 3.16. The molecule has 19 heavy (non-hydrogen) atoms. The third-order valence-electron chi connectivity index (χ3n) is 3.40. The first kappa shape index (κ1) is 13.1. The molecule has 0 aromatic heterocycles. The predicted molar refractivity (Wildman–Crippen MR) is 72.1 cm³/mol. The standard InChI is InChI=1S/C15H14O4/c1-7-4-5-10-11(6-7)8(2)12(14(16)17)9(3)13(10)15(18)19/h4-6H,1-3H3,(H,16,17)(H,18,19). The van der Waals surface area contributed by atoms with E-state index in [-0.39, 0.29) is 11.1 Å². The van der Waals surface area contributed by atoms with Gasteiger partial charge in [-0.15, -0.1) is 0 Å². The number of hydrogen-bond donors (Lipinski definition) is 2. The first-order valence-electron chi connectivity index (χ1n) is 5.84. The minimum Gasteiger partial charge on any atom is -0.478 e. The number of rotatable bonds is 2. The molecule has 0 heterocycles. The van der Waals surface area contributed by atoms with Crippen molar-refractivity contribution in [2.24, 2.45) is 0 Å². The summed E-state index contributed by atoms with van der Waals surface area (Å²) in [5.41, 5.74) is 2.02. The molecule has 2 aromatic carbocycles. The number of carboxylic acids is 2. The fraction of sp³-hybridized carbons (Fsp3) is 0.200. The number of aromatic carboxylic acids is 2. The average molecular weight is 258 g/mol. The highest BCUT2D eigenvalue weighted by Gasteiger charge is 2.22. The van der Waals surface area contributed by atoms with Gasteiger partial charge in [0.1, 0.15) is 0 Å². The minimum absolute atomic E-state index is 0.0676. The third kappa shape index (κ3) is 1.95. The highest BCUT2D eigenvalue weighted by atomic mass is 16.4. The van der Waals surface area contributed by atoms with Crippen molar-refractivity contribution in [1.82, 2.24) is 0 Å². The number of aryl methyl sites for hydroxylation is 2. The second kappa shape index (κ2) is 4.39. The zero-order valence-electron chi connectivity index (χ0n) is 10.9. The van der Waals surface area contributed by atoms with Crippen LogP contribution >= 0.6 is 0 Å². The lowest BCUT2D eigenvalue weighted by molar-refractivity contribution is 0.0695. The number of fused-ring (bicyclic) bond motifs is 1. The van der Waals surface area contributed by atoms with Crippen LogP contribution in [0.1, 0.15) is 37.4 Å². The molecule has 0 radical (unpaired) electrons. The molecule has 2 aromatic rings. The summed E-state index contributed by atoms with van der Waals surface area (Å²) in [5.74, 6) is -2.20. The Morgan fingerprint density at radius 2 is 1.42 bits per heavy atom. The Morgan fingerprint density at radius 3 is 1.95 bits per heavy atom. The van der Waals surface area contributed by atoms with Gasteiger partial charge < -0.3 is 10.2 Å². The Labute approximate surface area is 110 Å². The summed E-state index contributed by atoms with van der Waals surface area (Å²) in [5, 5.41) is 19.9. The molecule has 98 valence electrons. The lowest BCUT2D eigenvalue weighted by Gasteiger charge is -2.14. The van der Waals surface area contributed by atoms with Crippen LogP contribution in [0.4, 0.5) is 0 Å². The van der Waals surface area contributed by atoms with Gasteiger partial charge in [-0.25, -0.2) is 9.59 Å². The van der Waals surface area contributed by atoms with Crippen molar-refractivity contribution in [3.05, 3.63) is 46.0 Å². The minimum atomic E-state index is -1.10. The molecule has 0 aliphatic rings. The van der Waals surface area contributed by atoms with Gasteiger partial charge >= 0.3 is 11.9 Å². The number of carboxylic acid groups (broad SMARTS) is 2. The normalized spacial score (nSPS) is 10.7. The highest BCUT2D eigenvalue weighted by Crippen LogP contribution is 2.30. The summed E-state index contributed by atoms with van der Waals surface area (Å²) in [6.45, 7) is 5.14. The van der Waals surface area contributed by atoms with Gasteiger partial charge in [0.25, 0.3) is 0 Å². The molecule has 2 rings (SSSR count). The van der Waals surface area contributed by atoms with Gasteiger partial charge in [-0.2, -0.15) is 0 Å². The molecule has 0 amide bonds. The third-order valence-corrected chi connectivity index (χ3v) is 3.40. The van der Waals surface area contributed by atoms with Crippen LogP contribution in [0, 0.1) is 20.8 Å². The number of carbonyl (C=O) groups is 2. The summed E-state index contributed by atoms with van der Waals surface area (Å²) < 4.78 is 0. The molecule has 0 fully saturated rings. The van der Waals surface area contributed by atoms with Crippen LogP contribution < -0.4 is 0 Å². The van der Waals surface area contributed by atoms with Crippen LogP contribution in [-0.4, -0.2) is 22.2 Å². The Balaban J connectivity index is 3.08. The monoisotopic (exact) mass is 258 g/mol. The van der Waals surface area contributed by atoms with Crippen LogP contribution in [0.25, 0.3) is 10.8 Å². The van der Waals surface area contributed by atoms with E-state index in [0.717, 1.165) is 5.56 Å². The molecular formula is C15H14O4. The van der Waals surface area contributed by atoms with Gasteiger partial charge in [-0.3, -0.25) is 0 Å². The van der Waals surface area contributed by atoms with E-state index >= 15 is 0 Å². The summed E-state index contributed by atoms with van der Waals surface area (Å²) in [6.07, 6.45) is 0. The van der Waals surface area contributed by atoms with Crippen molar-refractivity contribution < 1.29 is 19.8 Å². The molecule has 0 saturated heterocycles. The molecule has 0 unspecified atom stereocenters. The van der Waals surface area contributed by atoms with Gasteiger partial charge in [0.15, 0.2) is 0 Å². The van der Waals surface area contributed by atoms with E-state index in [1.54, 1.807) is 19.9 Å². The fourth-order valence-electron chi connectivity index (χ4n) is 2.53. The van der Waals surface area contributed by atoms with Crippen molar-refractivity contribution in [3.8, 4) is 0 Å². The van der Waals surface area contributed by atoms with E-state index in [9.17, 15) is 19.8 Å². The van der Waals surface area contributed by atoms with E-state index < -0.39 is 11.9 Å². The zero-order valence-corrected chi connectivity index (χ0v) is 10.9. The number of hydrogen-bond acceptors (Lipinski definition) is 2. The largest absolute Gasteiger partial charge is 0.478 e. The van der Waals surface area contributed by atoms with E-state index in [4.69, 9.17) is 0 Å². The lowest BCUT2D eigenvalue weighted by atomic mass is 9.89. The molecule has 4 heteroatoms. The van der Waals surface area contributed by atoms with Crippen molar-refractivity contribution in [3.63, 3.8) is 0 Å². The molecular weight excluding hydrogens is 244 g/mol. The smallest absolute Gasteiger partial charge is 0.336 e. The molecule has 0 saturated carbocycles. The van der Waals surface area contributed by atoms with Gasteiger partial charge in [-0.05, 0) is 42.7 Å². The van der Waals surface area contributed by atoms with Crippen LogP contribution in [0.2, 0.25) is 0 Å². The molecule has 4 nitrogen and oxygen atoms in total. The van der Waals surface area contributed by atoms with Crippen molar-refractivity contribution in [2.75, 3.05) is 0 Å². The molecule has 2 N–H and O–H groups in total. The Kier molecular flexibility index (Phi) is 3.02. The summed E-state index contributed by atoms with van der Waals surface area (Å²) >= 11 is 0. The van der Waals surface area contributed by atoms with Gasteiger partial charge in [0.2, 0.25) is 0 Å². The van der Waals surface area contributed by atoms with E-state index in [1.807, 2.05) is 19.1 Å². The van der Waals surface area contributed by atoms with Gasteiger partial charge in [0, 0.05) is 0 Å². The van der Waals surface area contributed by atoms with Crippen LogP contribution in [0.15, 0.2) is 18.2 Å². The lowest BCUT2D eigenvalue weighted by Crippen LogP contribution is -2.10. The maximum absolute atomic E-state index is 11.4. The second-order valence-electron chi connectivity index (χ2n) is 4.66. The summed E-state index contributed by atoms with van der Waals surface area (Å²) in [4.78, 5) is 22.8. The first-order valence-corrected chi connectivity index (χ1v) is 5.84. The van der Waals surface area contributed by atoms with E-state index in [1.165, 1.54) is 0 Å². The quantitative estimate of drug-likeness (QED) is 0.867.